The van der Waals surface area contributed by atoms with E-state index in [1.807, 2.05) is 35.9 Å². The quantitative estimate of drug-likeness (QED) is 0.551. The Kier molecular flexibility index (Phi) is 4.74. The van der Waals surface area contributed by atoms with Crippen molar-refractivity contribution >= 4 is 28.4 Å². The van der Waals surface area contributed by atoms with Crippen molar-refractivity contribution in [2.75, 3.05) is 0 Å². The van der Waals surface area contributed by atoms with Gasteiger partial charge in [0.1, 0.15) is 0 Å². The lowest BCUT2D eigenvalue weighted by Gasteiger charge is -2.12. The van der Waals surface area contributed by atoms with E-state index in [2.05, 4.69) is 4.98 Å². The number of Topliss-reactive ketones (excluding diaryl/α,β-unsaturated/α-hetero) is 2. The number of hydrogen-bond acceptors (Lipinski definition) is 4. The van der Waals surface area contributed by atoms with E-state index in [-0.39, 0.29) is 11.6 Å². The van der Waals surface area contributed by atoms with E-state index >= 15 is 0 Å². The lowest BCUT2D eigenvalue weighted by Crippen LogP contribution is -2.25. The molecule has 3 aromatic rings. The molecule has 1 unspecified atom stereocenters. The second-order valence-electron chi connectivity index (χ2n) is 6.76. The summed E-state index contributed by atoms with van der Waals surface area (Å²) < 4.78 is 7.28. The Hall–Kier alpha value is -3.15. The second-order valence-corrected chi connectivity index (χ2v) is 6.76. The molecule has 0 aliphatic rings. The van der Waals surface area contributed by atoms with Crippen LogP contribution in [-0.2, 0) is 11.8 Å². The number of esters is 1. The molecule has 140 valence electrons. The maximum atomic E-state index is 12.8. The molecule has 27 heavy (non-hydrogen) atoms. The number of ketones is 2. The average molecular weight is 366 g/mol. The Morgan fingerprint density at radius 2 is 1.81 bits per heavy atom. The number of para-hydroxylation sites is 1. The van der Waals surface area contributed by atoms with Crippen molar-refractivity contribution in [1.29, 1.82) is 0 Å². The first-order valence-electron chi connectivity index (χ1n) is 8.71. The minimum atomic E-state index is -0.979. The molecule has 0 saturated carbocycles. The summed E-state index contributed by atoms with van der Waals surface area (Å²) in [6.45, 7) is 6.45. The number of nitrogens with zero attached hydrogens (tertiary/aromatic N) is 1. The van der Waals surface area contributed by atoms with E-state index in [0.717, 1.165) is 10.9 Å². The molecule has 0 radical (unpaired) electrons. The molecule has 0 saturated heterocycles. The maximum Gasteiger partial charge on any atom is 0.341 e. The van der Waals surface area contributed by atoms with Gasteiger partial charge in [0.15, 0.2) is 11.9 Å². The SMILES string of the molecule is CC(=O)c1c(C)[nH]c(C(=O)C(C)OC(=O)c2cn(C)c3ccccc23)c1C. The van der Waals surface area contributed by atoms with Crippen molar-refractivity contribution < 1.29 is 19.1 Å². The molecule has 1 N–H and O–H groups in total. The summed E-state index contributed by atoms with van der Waals surface area (Å²) in [6.07, 6.45) is 0.718. The summed E-state index contributed by atoms with van der Waals surface area (Å²) in [5, 5.41) is 0.774. The second kappa shape index (κ2) is 6.87. The van der Waals surface area contributed by atoms with Gasteiger partial charge in [-0.2, -0.15) is 0 Å². The predicted octanol–water partition coefficient (Wildman–Crippen LogP) is 3.75. The molecule has 6 nitrogen and oxygen atoms in total. The number of aryl methyl sites for hydroxylation is 2. The van der Waals surface area contributed by atoms with E-state index in [1.165, 1.54) is 13.8 Å². The summed E-state index contributed by atoms with van der Waals surface area (Å²) >= 11 is 0. The van der Waals surface area contributed by atoms with Crippen LogP contribution in [0.2, 0.25) is 0 Å². The minimum absolute atomic E-state index is 0.110. The largest absolute Gasteiger partial charge is 0.451 e. The Labute approximate surface area is 157 Å². The first-order chi connectivity index (χ1) is 12.7. The van der Waals surface area contributed by atoms with Crippen molar-refractivity contribution in [2.45, 2.75) is 33.8 Å². The summed E-state index contributed by atoms with van der Waals surface area (Å²) in [5.74, 6) is -1.03. The van der Waals surface area contributed by atoms with Gasteiger partial charge in [-0.05, 0) is 39.3 Å². The van der Waals surface area contributed by atoms with Gasteiger partial charge < -0.3 is 14.3 Å². The van der Waals surface area contributed by atoms with Crippen LogP contribution < -0.4 is 0 Å². The van der Waals surface area contributed by atoms with Gasteiger partial charge in [-0.15, -0.1) is 0 Å². The lowest BCUT2D eigenvalue weighted by atomic mass is 10.0. The summed E-state index contributed by atoms with van der Waals surface area (Å²) in [7, 11) is 1.85. The zero-order valence-corrected chi connectivity index (χ0v) is 16.0. The molecular formula is C21H22N2O4. The number of ether oxygens (including phenoxy) is 1. The monoisotopic (exact) mass is 366 g/mol. The third-order valence-corrected chi connectivity index (χ3v) is 4.81. The number of carbonyl (C=O) groups excluding carboxylic acids is 3. The normalized spacial score (nSPS) is 12.2. The van der Waals surface area contributed by atoms with E-state index in [4.69, 9.17) is 4.74 Å². The van der Waals surface area contributed by atoms with E-state index < -0.39 is 12.1 Å². The van der Waals surface area contributed by atoms with Crippen molar-refractivity contribution in [2.24, 2.45) is 7.05 Å². The molecule has 0 aliphatic carbocycles. The molecule has 0 bridgehead atoms. The van der Waals surface area contributed by atoms with Crippen LogP contribution in [0.5, 0.6) is 0 Å². The molecule has 2 heterocycles. The molecular weight excluding hydrogens is 344 g/mol. The topological polar surface area (TPSA) is 81.2 Å². The van der Waals surface area contributed by atoms with Crippen LogP contribution in [-0.4, -0.2) is 33.2 Å². The minimum Gasteiger partial charge on any atom is -0.451 e. The van der Waals surface area contributed by atoms with Gasteiger partial charge in [0.2, 0.25) is 5.78 Å². The molecule has 0 aliphatic heterocycles. The molecule has 2 aromatic heterocycles. The van der Waals surface area contributed by atoms with Crippen LogP contribution in [0.4, 0.5) is 0 Å². The molecule has 1 aromatic carbocycles. The van der Waals surface area contributed by atoms with Crippen LogP contribution in [0, 0.1) is 13.8 Å². The Morgan fingerprint density at radius 3 is 2.44 bits per heavy atom. The van der Waals surface area contributed by atoms with Crippen molar-refractivity contribution in [1.82, 2.24) is 9.55 Å². The number of rotatable bonds is 5. The van der Waals surface area contributed by atoms with Gasteiger partial charge >= 0.3 is 5.97 Å². The maximum absolute atomic E-state index is 12.8. The summed E-state index contributed by atoms with van der Waals surface area (Å²) in [6, 6.07) is 7.50. The standard InChI is InChI=1S/C21H22N2O4/c1-11-18(13(3)24)12(2)22-19(11)20(25)14(4)27-21(26)16-10-23(5)17-9-7-6-8-15(16)17/h6-10,14,22H,1-5H3. The molecule has 6 heteroatoms. The Balaban J connectivity index is 1.85. The van der Waals surface area contributed by atoms with Gasteiger partial charge in [-0.1, -0.05) is 18.2 Å². The van der Waals surface area contributed by atoms with Gasteiger partial charge in [-0.3, -0.25) is 9.59 Å². The molecule has 1 atom stereocenters. The van der Waals surface area contributed by atoms with E-state index in [1.54, 1.807) is 20.0 Å². The third-order valence-electron chi connectivity index (χ3n) is 4.81. The molecule has 3 rings (SSSR count). The number of benzene rings is 1. The first kappa shape index (κ1) is 18.6. The zero-order valence-electron chi connectivity index (χ0n) is 16.0. The van der Waals surface area contributed by atoms with Crippen LogP contribution in [0.1, 0.15) is 56.3 Å². The first-order valence-corrected chi connectivity index (χ1v) is 8.71. The number of hydrogen-bond donors (Lipinski definition) is 1. The summed E-state index contributed by atoms with van der Waals surface area (Å²) in [4.78, 5) is 40.1. The van der Waals surface area contributed by atoms with E-state index in [0.29, 0.717) is 28.1 Å². The van der Waals surface area contributed by atoms with Crippen molar-refractivity contribution in [3.63, 3.8) is 0 Å². The lowest BCUT2D eigenvalue weighted by molar-refractivity contribution is 0.0318. The number of H-pyrrole nitrogens is 1. The van der Waals surface area contributed by atoms with Crippen molar-refractivity contribution in [3.05, 3.63) is 58.5 Å². The van der Waals surface area contributed by atoms with Crippen LogP contribution >= 0.6 is 0 Å². The molecule has 0 amide bonds. The van der Waals surface area contributed by atoms with Crippen LogP contribution in [0.25, 0.3) is 10.9 Å². The Morgan fingerprint density at radius 1 is 1.15 bits per heavy atom. The van der Waals surface area contributed by atoms with Gasteiger partial charge in [0, 0.05) is 35.4 Å². The number of fused-ring (bicyclic) bond motifs is 1. The number of aromatic nitrogens is 2. The average Bonchev–Trinajstić information content (AvgIpc) is 3.11. The number of nitrogens with one attached hydrogen (secondary N) is 1. The highest BCUT2D eigenvalue weighted by Crippen LogP contribution is 2.23. The van der Waals surface area contributed by atoms with Gasteiger partial charge in [0.25, 0.3) is 0 Å². The number of aromatic amines is 1. The Bertz CT molecular complexity index is 1070. The van der Waals surface area contributed by atoms with Gasteiger partial charge in [0.05, 0.1) is 11.3 Å². The number of carbonyl (C=O) groups is 3. The fourth-order valence-electron chi connectivity index (χ4n) is 3.51. The fraction of sp³-hybridized carbons (Fsp3) is 0.286. The fourth-order valence-corrected chi connectivity index (χ4v) is 3.51. The van der Waals surface area contributed by atoms with Crippen molar-refractivity contribution in [3.8, 4) is 0 Å². The zero-order chi connectivity index (χ0) is 19.9. The van der Waals surface area contributed by atoms with Crippen LogP contribution in [0.3, 0.4) is 0 Å². The van der Waals surface area contributed by atoms with Gasteiger partial charge in [-0.25, -0.2) is 4.79 Å². The van der Waals surface area contributed by atoms with E-state index in [9.17, 15) is 14.4 Å². The highest BCUT2D eigenvalue weighted by Gasteiger charge is 2.27. The van der Waals surface area contributed by atoms with Crippen LogP contribution in [0.15, 0.2) is 30.5 Å². The third kappa shape index (κ3) is 3.18. The highest BCUT2D eigenvalue weighted by molar-refractivity contribution is 6.08. The predicted molar refractivity (Wildman–Crippen MR) is 102 cm³/mol. The summed E-state index contributed by atoms with van der Waals surface area (Å²) in [5.41, 5.74) is 3.35. The highest BCUT2D eigenvalue weighted by atomic mass is 16.5. The molecule has 0 spiro atoms. The molecule has 0 fully saturated rings. The smallest absolute Gasteiger partial charge is 0.341 e.